The van der Waals surface area contributed by atoms with E-state index in [2.05, 4.69) is 28.5 Å². The summed E-state index contributed by atoms with van der Waals surface area (Å²) >= 11 is 0. The lowest BCUT2D eigenvalue weighted by molar-refractivity contribution is 0.0652. The summed E-state index contributed by atoms with van der Waals surface area (Å²) < 4.78 is 5.69. The van der Waals surface area contributed by atoms with Gasteiger partial charge in [-0.15, -0.1) is 0 Å². The summed E-state index contributed by atoms with van der Waals surface area (Å²) in [5, 5.41) is 5.97. The number of amides is 2. The molecule has 5 heteroatoms. The number of benzene rings is 1. The predicted octanol–water partition coefficient (Wildman–Crippen LogP) is 3.53. The normalized spacial score (nSPS) is 16.5. The monoisotopic (exact) mass is 361 g/mol. The van der Waals surface area contributed by atoms with Crippen LogP contribution in [0.5, 0.6) is 0 Å². The summed E-state index contributed by atoms with van der Waals surface area (Å²) in [6.07, 6.45) is 4.16. The Bertz CT molecular complexity index is 542. The van der Waals surface area contributed by atoms with Crippen LogP contribution in [0.4, 0.5) is 4.79 Å². The van der Waals surface area contributed by atoms with E-state index in [1.54, 1.807) is 0 Å². The molecule has 1 heterocycles. The second kappa shape index (κ2) is 11.2. The van der Waals surface area contributed by atoms with E-state index in [0.29, 0.717) is 25.6 Å². The minimum atomic E-state index is -0.102. The molecule has 1 aliphatic rings. The first-order chi connectivity index (χ1) is 12.5. The SMILES string of the molecule is CC(CNC(=O)NCc1ccccc1COC(C)C)CN1CCCCC1. The van der Waals surface area contributed by atoms with Gasteiger partial charge in [0.1, 0.15) is 0 Å². The van der Waals surface area contributed by atoms with Crippen LogP contribution in [-0.2, 0) is 17.9 Å². The van der Waals surface area contributed by atoms with E-state index in [4.69, 9.17) is 4.74 Å². The summed E-state index contributed by atoms with van der Waals surface area (Å²) in [6, 6.07) is 7.99. The number of piperidine rings is 1. The lowest BCUT2D eigenvalue weighted by Crippen LogP contribution is -2.41. The summed E-state index contributed by atoms with van der Waals surface area (Å²) in [4.78, 5) is 14.6. The summed E-state index contributed by atoms with van der Waals surface area (Å²) in [5.74, 6) is 0.463. The maximum Gasteiger partial charge on any atom is 0.315 e. The van der Waals surface area contributed by atoms with E-state index in [0.717, 1.165) is 17.7 Å². The summed E-state index contributed by atoms with van der Waals surface area (Å²) in [5.41, 5.74) is 2.23. The van der Waals surface area contributed by atoms with Gasteiger partial charge in [0, 0.05) is 19.6 Å². The number of nitrogens with one attached hydrogen (secondary N) is 2. The van der Waals surface area contributed by atoms with Crippen LogP contribution in [0.25, 0.3) is 0 Å². The molecule has 2 N–H and O–H groups in total. The van der Waals surface area contributed by atoms with E-state index in [1.807, 2.05) is 32.0 Å². The average Bonchev–Trinajstić information content (AvgIpc) is 2.64. The van der Waals surface area contributed by atoms with Gasteiger partial charge in [0.05, 0.1) is 12.7 Å². The number of ether oxygens (including phenoxy) is 1. The zero-order valence-corrected chi connectivity index (χ0v) is 16.6. The molecule has 0 bridgehead atoms. The Labute approximate surface area is 158 Å². The molecule has 0 radical (unpaired) electrons. The third kappa shape index (κ3) is 7.75. The van der Waals surface area contributed by atoms with Gasteiger partial charge in [0.15, 0.2) is 0 Å². The van der Waals surface area contributed by atoms with Crippen molar-refractivity contribution in [3.8, 4) is 0 Å². The van der Waals surface area contributed by atoms with Crippen molar-refractivity contribution in [3.05, 3.63) is 35.4 Å². The van der Waals surface area contributed by atoms with Gasteiger partial charge in [-0.05, 0) is 56.8 Å². The highest BCUT2D eigenvalue weighted by atomic mass is 16.5. The first-order valence-corrected chi connectivity index (χ1v) is 9.97. The molecule has 1 fully saturated rings. The van der Waals surface area contributed by atoms with Gasteiger partial charge < -0.3 is 20.3 Å². The van der Waals surface area contributed by atoms with Gasteiger partial charge in [-0.25, -0.2) is 4.79 Å². The molecule has 1 unspecified atom stereocenters. The topological polar surface area (TPSA) is 53.6 Å². The Kier molecular flexibility index (Phi) is 8.92. The Morgan fingerprint density at radius 1 is 1.08 bits per heavy atom. The third-order valence-electron chi connectivity index (χ3n) is 4.76. The number of carbonyl (C=O) groups excluding carboxylic acids is 1. The highest BCUT2D eigenvalue weighted by molar-refractivity contribution is 5.73. The van der Waals surface area contributed by atoms with Crippen LogP contribution in [0.15, 0.2) is 24.3 Å². The third-order valence-corrected chi connectivity index (χ3v) is 4.76. The lowest BCUT2D eigenvalue weighted by Gasteiger charge is -2.29. The maximum absolute atomic E-state index is 12.1. The van der Waals surface area contributed by atoms with Crippen molar-refractivity contribution in [2.75, 3.05) is 26.2 Å². The minimum Gasteiger partial charge on any atom is -0.374 e. The van der Waals surface area contributed by atoms with Gasteiger partial charge in [-0.1, -0.05) is 37.6 Å². The fraction of sp³-hybridized carbons (Fsp3) is 0.667. The molecular weight excluding hydrogens is 326 g/mol. The standard InChI is InChI=1S/C21H35N3O2/c1-17(2)26-16-20-10-6-5-9-19(20)14-23-21(25)22-13-18(3)15-24-11-7-4-8-12-24/h5-6,9-10,17-18H,4,7-8,11-16H2,1-3H3,(H2,22,23,25). The zero-order chi connectivity index (χ0) is 18.8. The molecule has 1 aromatic carbocycles. The molecular formula is C21H35N3O2. The Morgan fingerprint density at radius 2 is 1.77 bits per heavy atom. The van der Waals surface area contributed by atoms with Gasteiger partial charge in [-0.2, -0.15) is 0 Å². The van der Waals surface area contributed by atoms with E-state index in [1.165, 1.54) is 32.4 Å². The summed E-state index contributed by atoms with van der Waals surface area (Å²) in [6.45, 7) is 11.5. The highest BCUT2D eigenvalue weighted by Crippen LogP contribution is 2.12. The van der Waals surface area contributed by atoms with Crippen LogP contribution in [0.2, 0.25) is 0 Å². The average molecular weight is 362 g/mol. The smallest absolute Gasteiger partial charge is 0.315 e. The van der Waals surface area contributed by atoms with Crippen LogP contribution in [-0.4, -0.2) is 43.2 Å². The van der Waals surface area contributed by atoms with Crippen LogP contribution >= 0.6 is 0 Å². The van der Waals surface area contributed by atoms with E-state index in [9.17, 15) is 4.79 Å². The molecule has 1 saturated heterocycles. The molecule has 2 rings (SSSR count). The van der Waals surface area contributed by atoms with Crippen LogP contribution in [0.1, 0.15) is 51.2 Å². The van der Waals surface area contributed by atoms with E-state index in [-0.39, 0.29) is 12.1 Å². The van der Waals surface area contributed by atoms with Crippen molar-refractivity contribution in [1.82, 2.24) is 15.5 Å². The van der Waals surface area contributed by atoms with E-state index < -0.39 is 0 Å². The van der Waals surface area contributed by atoms with Crippen LogP contribution < -0.4 is 10.6 Å². The molecule has 1 atom stereocenters. The molecule has 0 spiro atoms. The first kappa shape index (κ1) is 20.7. The number of rotatable bonds is 9. The number of carbonyl (C=O) groups is 1. The molecule has 0 aromatic heterocycles. The second-order valence-electron chi connectivity index (χ2n) is 7.66. The largest absolute Gasteiger partial charge is 0.374 e. The Balaban J connectivity index is 1.69. The van der Waals surface area contributed by atoms with Crippen molar-refractivity contribution in [2.45, 2.75) is 59.3 Å². The number of urea groups is 1. The van der Waals surface area contributed by atoms with Crippen LogP contribution in [0, 0.1) is 5.92 Å². The Hall–Kier alpha value is -1.59. The molecule has 2 amide bonds. The Morgan fingerprint density at radius 3 is 2.46 bits per heavy atom. The van der Waals surface area contributed by atoms with Gasteiger partial charge in [0.2, 0.25) is 0 Å². The number of hydrogen-bond donors (Lipinski definition) is 2. The fourth-order valence-electron chi connectivity index (χ4n) is 3.28. The maximum atomic E-state index is 12.1. The first-order valence-electron chi connectivity index (χ1n) is 9.97. The molecule has 5 nitrogen and oxygen atoms in total. The molecule has 26 heavy (non-hydrogen) atoms. The minimum absolute atomic E-state index is 0.102. The molecule has 1 aliphatic heterocycles. The van der Waals surface area contributed by atoms with Crippen LogP contribution in [0.3, 0.4) is 0 Å². The highest BCUT2D eigenvalue weighted by Gasteiger charge is 2.14. The van der Waals surface area contributed by atoms with Crippen molar-refractivity contribution in [1.29, 1.82) is 0 Å². The fourth-order valence-corrected chi connectivity index (χ4v) is 3.28. The number of nitrogens with zero attached hydrogens (tertiary/aromatic N) is 1. The molecule has 0 aliphatic carbocycles. The summed E-state index contributed by atoms with van der Waals surface area (Å²) in [7, 11) is 0. The van der Waals surface area contributed by atoms with E-state index >= 15 is 0 Å². The van der Waals surface area contributed by atoms with Gasteiger partial charge >= 0.3 is 6.03 Å². The van der Waals surface area contributed by atoms with Crippen molar-refractivity contribution >= 4 is 6.03 Å². The van der Waals surface area contributed by atoms with Gasteiger partial charge in [0.25, 0.3) is 0 Å². The predicted molar refractivity (Wildman–Crippen MR) is 106 cm³/mol. The molecule has 146 valence electrons. The molecule has 1 aromatic rings. The van der Waals surface area contributed by atoms with Crippen molar-refractivity contribution < 1.29 is 9.53 Å². The zero-order valence-electron chi connectivity index (χ0n) is 16.6. The quantitative estimate of drug-likeness (QED) is 0.707. The molecule has 0 saturated carbocycles. The van der Waals surface area contributed by atoms with Gasteiger partial charge in [-0.3, -0.25) is 0 Å². The van der Waals surface area contributed by atoms with Crippen molar-refractivity contribution in [2.24, 2.45) is 5.92 Å². The van der Waals surface area contributed by atoms with Crippen molar-refractivity contribution in [3.63, 3.8) is 0 Å². The number of likely N-dealkylation sites (tertiary alicyclic amines) is 1. The number of hydrogen-bond acceptors (Lipinski definition) is 3. The lowest BCUT2D eigenvalue weighted by atomic mass is 10.1. The second-order valence-corrected chi connectivity index (χ2v) is 7.66.